The van der Waals surface area contributed by atoms with Crippen LogP contribution < -0.4 is 10.6 Å². The van der Waals surface area contributed by atoms with E-state index in [1.165, 1.54) is 72.2 Å². The van der Waals surface area contributed by atoms with E-state index in [0.29, 0.717) is 11.4 Å². The van der Waals surface area contributed by atoms with Gasteiger partial charge in [0.2, 0.25) is 0 Å². The van der Waals surface area contributed by atoms with Crippen molar-refractivity contribution in [1.29, 1.82) is 0 Å². The molecule has 2 amide bonds. The number of piperidine rings is 2. The topological polar surface area (TPSA) is 147 Å². The van der Waals surface area contributed by atoms with E-state index >= 15 is 0 Å². The number of nitrogens with one attached hydrogen (secondary N) is 2. The third-order valence-electron chi connectivity index (χ3n) is 12.0. The Balaban J connectivity index is 0.000000154. The number of nitro benzene ring substituents is 1. The van der Waals surface area contributed by atoms with E-state index in [4.69, 9.17) is 0 Å². The Morgan fingerprint density at radius 3 is 1.55 bits per heavy atom. The molecule has 0 spiro atoms. The number of hydrogen-bond acceptors (Lipinski definition) is 9. The first-order chi connectivity index (χ1) is 32.2. The molecule has 2 fully saturated rings. The van der Waals surface area contributed by atoms with Gasteiger partial charge < -0.3 is 15.5 Å². The number of hydrogen-bond donors (Lipinski definition) is 2. The number of nitro groups is 1. The van der Waals surface area contributed by atoms with Crippen LogP contribution in [0.4, 0.5) is 21.0 Å². The first-order valence-corrected chi connectivity index (χ1v) is 22.4. The van der Waals surface area contributed by atoms with Gasteiger partial charge in [0.1, 0.15) is 12.7 Å². The average Bonchev–Trinajstić information content (AvgIpc) is 4.08. The molecule has 0 bridgehead atoms. The summed E-state index contributed by atoms with van der Waals surface area (Å²) in [5.74, 6) is 0. The molecule has 340 valence electrons. The molecule has 4 heterocycles. The molecule has 2 saturated heterocycles. The number of amides is 2. The first kappa shape index (κ1) is 46.7. The van der Waals surface area contributed by atoms with E-state index in [1.54, 1.807) is 17.1 Å². The number of benzene rings is 5. The SMILES string of the molecule is CN(C(=O)n1cnc(-c2ccccc2)c1)C1CCN(Cc2ccccc2)CC1.CNC1CCN(Cc2ccccc2)CC1.O=C(Nc1ccc([N+](=O)[O-])cc1)n1cnc(-c2ccccc2)c1. The van der Waals surface area contributed by atoms with E-state index in [1.807, 2.05) is 78.8 Å². The minimum atomic E-state index is -0.492. The number of non-ortho nitro benzene ring substituents is 1. The predicted octanol–water partition coefficient (Wildman–Crippen LogP) is 9.52. The molecule has 0 saturated carbocycles. The fourth-order valence-electron chi connectivity index (χ4n) is 8.10. The van der Waals surface area contributed by atoms with E-state index in [9.17, 15) is 19.7 Å². The number of likely N-dealkylation sites (tertiary alicyclic amines) is 2. The number of aromatic nitrogens is 4. The standard InChI is InChI=1S/C23H26N4O.C16H12N4O3.C13H20N2/c1-25(21-12-14-26(15-13-21)16-19-8-4-2-5-9-19)23(28)27-17-22(24-18-27)20-10-6-3-7-11-20;21-16(18-13-6-8-14(9-7-13)20(22)23)19-10-15(17-11-19)12-4-2-1-3-5-12;1-14-13-7-9-15(10-8-13)11-12-5-3-2-4-6-12/h2-11,17-18,21H,12-16H2,1H3;1-11H,(H,18,21);2-6,13-14H,7-11H2,1H3. The summed E-state index contributed by atoms with van der Waals surface area (Å²) < 4.78 is 2.92. The largest absolute Gasteiger partial charge is 0.331 e. The van der Waals surface area contributed by atoms with Crippen LogP contribution in [0.25, 0.3) is 22.5 Å². The van der Waals surface area contributed by atoms with Crippen LogP contribution in [0, 0.1) is 10.1 Å². The molecule has 7 aromatic rings. The van der Waals surface area contributed by atoms with Crippen LogP contribution in [0.15, 0.2) is 171 Å². The molecule has 14 heteroatoms. The van der Waals surface area contributed by atoms with Crippen LogP contribution in [0.3, 0.4) is 0 Å². The number of imidazole rings is 2. The molecule has 14 nitrogen and oxygen atoms in total. The maximum absolute atomic E-state index is 12.9. The molecule has 2 aliphatic heterocycles. The molecule has 2 aromatic heterocycles. The summed E-state index contributed by atoms with van der Waals surface area (Å²) in [5.41, 5.74) is 6.65. The van der Waals surface area contributed by atoms with E-state index in [2.05, 4.69) is 98.1 Å². The third-order valence-corrected chi connectivity index (χ3v) is 12.0. The van der Waals surface area contributed by atoms with Crippen LogP contribution in [-0.2, 0) is 13.1 Å². The maximum atomic E-state index is 12.9. The Bertz CT molecular complexity index is 2550. The summed E-state index contributed by atoms with van der Waals surface area (Å²) in [6.45, 7) is 6.55. The van der Waals surface area contributed by atoms with E-state index in [0.717, 1.165) is 61.9 Å². The van der Waals surface area contributed by atoms with Crippen molar-refractivity contribution >= 4 is 23.4 Å². The number of carbonyl (C=O) groups excluding carboxylic acids is 2. The summed E-state index contributed by atoms with van der Waals surface area (Å²) in [5, 5.41) is 16.6. The molecule has 0 unspecified atom stereocenters. The lowest BCUT2D eigenvalue weighted by molar-refractivity contribution is -0.384. The monoisotopic (exact) mass is 886 g/mol. The van der Waals surface area contributed by atoms with Crippen molar-refractivity contribution in [1.82, 2.24) is 39.1 Å². The molecular formula is C52H58N10O4. The van der Waals surface area contributed by atoms with Crippen LogP contribution >= 0.6 is 0 Å². The summed E-state index contributed by atoms with van der Waals surface area (Å²) in [7, 11) is 3.97. The van der Waals surface area contributed by atoms with Crippen molar-refractivity contribution in [2.24, 2.45) is 0 Å². The smallest absolute Gasteiger partial charge is 0.324 e. The van der Waals surface area contributed by atoms with Crippen molar-refractivity contribution in [3.8, 4) is 22.5 Å². The second-order valence-corrected chi connectivity index (χ2v) is 16.5. The number of rotatable bonds is 10. The van der Waals surface area contributed by atoms with Gasteiger partial charge in [0.15, 0.2) is 0 Å². The maximum Gasteiger partial charge on any atom is 0.331 e. The summed E-state index contributed by atoms with van der Waals surface area (Å²) in [4.78, 5) is 50.6. The molecular weight excluding hydrogens is 829 g/mol. The average molecular weight is 887 g/mol. The van der Waals surface area contributed by atoms with Crippen LogP contribution in [0.2, 0.25) is 0 Å². The fraction of sp³-hybridized carbons (Fsp3) is 0.269. The first-order valence-electron chi connectivity index (χ1n) is 22.4. The van der Waals surface area contributed by atoms with E-state index in [-0.39, 0.29) is 17.8 Å². The lowest BCUT2D eigenvalue weighted by Crippen LogP contribution is -2.46. The van der Waals surface area contributed by atoms with Crippen LogP contribution in [-0.4, -0.2) is 103 Å². The zero-order valence-corrected chi connectivity index (χ0v) is 37.6. The minimum Gasteiger partial charge on any atom is -0.324 e. The Morgan fingerprint density at radius 2 is 1.08 bits per heavy atom. The Labute approximate surface area is 386 Å². The summed E-state index contributed by atoms with van der Waals surface area (Å²) >= 11 is 0. The number of nitrogens with zero attached hydrogens (tertiary/aromatic N) is 8. The van der Waals surface area contributed by atoms with Crippen LogP contribution in [0.1, 0.15) is 36.8 Å². The quantitative estimate of drug-likeness (QED) is 0.101. The molecule has 0 atom stereocenters. The highest BCUT2D eigenvalue weighted by Gasteiger charge is 2.26. The zero-order chi connectivity index (χ0) is 46.1. The van der Waals surface area contributed by atoms with Gasteiger partial charge in [-0.3, -0.25) is 29.0 Å². The Hall–Kier alpha value is -7.26. The molecule has 2 aliphatic rings. The summed E-state index contributed by atoms with van der Waals surface area (Å²) in [6.07, 6.45) is 11.0. The van der Waals surface area contributed by atoms with Gasteiger partial charge in [-0.1, -0.05) is 121 Å². The van der Waals surface area contributed by atoms with Crippen molar-refractivity contribution < 1.29 is 14.5 Å². The number of anilines is 1. The second kappa shape index (κ2) is 23.6. The highest BCUT2D eigenvalue weighted by atomic mass is 16.6. The van der Waals surface area contributed by atoms with Crippen molar-refractivity contribution in [3.05, 3.63) is 192 Å². The number of carbonyl (C=O) groups is 2. The minimum absolute atomic E-state index is 0.0174. The van der Waals surface area contributed by atoms with Crippen molar-refractivity contribution in [3.63, 3.8) is 0 Å². The zero-order valence-electron chi connectivity index (χ0n) is 37.6. The van der Waals surface area contributed by atoms with Gasteiger partial charge in [-0.2, -0.15) is 0 Å². The Kier molecular flexibility index (Phi) is 16.7. The van der Waals surface area contributed by atoms with E-state index < -0.39 is 11.0 Å². The molecule has 0 aliphatic carbocycles. The van der Waals surface area contributed by atoms with Gasteiger partial charge in [-0.15, -0.1) is 0 Å². The third kappa shape index (κ3) is 13.4. The molecule has 5 aromatic carbocycles. The van der Waals surface area contributed by atoms with Crippen molar-refractivity contribution in [2.75, 3.05) is 45.6 Å². The normalized spacial score (nSPS) is 14.5. The van der Waals surface area contributed by atoms with Gasteiger partial charge >= 0.3 is 12.1 Å². The van der Waals surface area contributed by atoms with Gasteiger partial charge in [-0.05, 0) is 69.1 Å². The van der Waals surface area contributed by atoms with Gasteiger partial charge in [0.05, 0.1) is 16.3 Å². The fourth-order valence-corrected chi connectivity index (χ4v) is 8.10. The lowest BCUT2D eigenvalue weighted by atomic mass is 10.0. The predicted molar refractivity (Wildman–Crippen MR) is 260 cm³/mol. The van der Waals surface area contributed by atoms with Gasteiger partial charge in [0.25, 0.3) is 5.69 Å². The Morgan fingerprint density at radius 1 is 0.636 bits per heavy atom. The second-order valence-electron chi connectivity index (χ2n) is 16.5. The lowest BCUT2D eigenvalue weighted by Gasteiger charge is -2.36. The van der Waals surface area contributed by atoms with Crippen molar-refractivity contribution in [2.45, 2.75) is 50.9 Å². The van der Waals surface area contributed by atoms with Crippen LogP contribution in [0.5, 0.6) is 0 Å². The molecule has 2 N–H and O–H groups in total. The molecule has 66 heavy (non-hydrogen) atoms. The highest BCUT2D eigenvalue weighted by Crippen LogP contribution is 2.22. The van der Waals surface area contributed by atoms with Gasteiger partial charge in [0, 0.05) is 86.7 Å². The van der Waals surface area contributed by atoms with Gasteiger partial charge in [-0.25, -0.2) is 19.6 Å². The molecule has 9 rings (SSSR count). The highest BCUT2D eigenvalue weighted by molar-refractivity contribution is 5.91. The molecule has 0 radical (unpaired) electrons. The summed E-state index contributed by atoms with van der Waals surface area (Å²) in [6, 6.07) is 47.0.